The lowest BCUT2D eigenvalue weighted by Crippen LogP contribution is -2.46. The van der Waals surface area contributed by atoms with Crippen molar-refractivity contribution in [1.82, 2.24) is 4.90 Å². The van der Waals surface area contributed by atoms with Gasteiger partial charge in [-0.25, -0.2) is 0 Å². The molecule has 0 aromatic rings. The van der Waals surface area contributed by atoms with Gasteiger partial charge in [-0.3, -0.25) is 9.59 Å². The van der Waals surface area contributed by atoms with E-state index in [-0.39, 0.29) is 23.8 Å². The Kier molecular flexibility index (Phi) is 6.50. The molecule has 1 aliphatic carbocycles. The molecular formula is C16H29NO3. The molecule has 0 unspecified atom stereocenters. The van der Waals surface area contributed by atoms with Gasteiger partial charge < -0.3 is 9.64 Å². The van der Waals surface area contributed by atoms with Crippen molar-refractivity contribution in [3.63, 3.8) is 0 Å². The molecule has 1 fully saturated rings. The zero-order chi connectivity index (χ0) is 15.2. The van der Waals surface area contributed by atoms with Crippen molar-refractivity contribution in [3.05, 3.63) is 0 Å². The molecule has 0 N–H and O–H groups in total. The average molecular weight is 283 g/mol. The lowest BCUT2D eigenvalue weighted by atomic mass is 9.77. The van der Waals surface area contributed by atoms with Crippen LogP contribution in [0.2, 0.25) is 0 Å². The van der Waals surface area contributed by atoms with Crippen molar-refractivity contribution >= 4 is 11.9 Å². The number of esters is 1. The highest BCUT2D eigenvalue weighted by Gasteiger charge is 2.43. The Bertz CT molecular complexity index is 333. The van der Waals surface area contributed by atoms with Gasteiger partial charge in [0.1, 0.15) is 6.54 Å². The van der Waals surface area contributed by atoms with Gasteiger partial charge in [-0.05, 0) is 31.6 Å². The van der Waals surface area contributed by atoms with Crippen molar-refractivity contribution in [2.45, 2.75) is 59.3 Å². The fourth-order valence-electron chi connectivity index (χ4n) is 3.42. The standard InChI is InChI=1S/C16H29NO3/c1-5-10-17(12-14(18)20-4)15(19)16(11-13(2)3)8-6-7-9-16/h13H,5-12H2,1-4H3. The molecule has 0 bridgehead atoms. The summed E-state index contributed by atoms with van der Waals surface area (Å²) in [5.74, 6) is 0.332. The molecule has 0 heterocycles. The van der Waals surface area contributed by atoms with E-state index in [0.717, 1.165) is 38.5 Å². The van der Waals surface area contributed by atoms with Gasteiger partial charge in [0.25, 0.3) is 0 Å². The third-order valence-corrected chi connectivity index (χ3v) is 4.14. The van der Waals surface area contributed by atoms with Gasteiger partial charge in [-0.2, -0.15) is 0 Å². The molecule has 20 heavy (non-hydrogen) atoms. The number of amides is 1. The Morgan fingerprint density at radius 2 is 1.85 bits per heavy atom. The lowest BCUT2D eigenvalue weighted by molar-refractivity contribution is -0.152. The minimum absolute atomic E-state index is 0.0863. The van der Waals surface area contributed by atoms with Gasteiger partial charge in [0.05, 0.1) is 7.11 Å². The van der Waals surface area contributed by atoms with E-state index in [1.54, 1.807) is 4.90 Å². The van der Waals surface area contributed by atoms with Crippen LogP contribution >= 0.6 is 0 Å². The normalized spacial score (nSPS) is 17.2. The molecule has 4 nitrogen and oxygen atoms in total. The third kappa shape index (κ3) is 4.22. The Morgan fingerprint density at radius 1 is 1.25 bits per heavy atom. The lowest BCUT2D eigenvalue weighted by Gasteiger charge is -2.35. The second kappa shape index (κ2) is 7.65. The van der Waals surface area contributed by atoms with E-state index in [0.29, 0.717) is 12.5 Å². The van der Waals surface area contributed by atoms with Crippen LogP contribution in [0.1, 0.15) is 59.3 Å². The quantitative estimate of drug-likeness (QED) is 0.675. The molecule has 0 spiro atoms. The molecule has 4 heteroatoms. The molecule has 0 atom stereocenters. The zero-order valence-corrected chi connectivity index (χ0v) is 13.4. The number of carbonyl (C=O) groups is 2. The van der Waals surface area contributed by atoms with E-state index in [2.05, 4.69) is 13.8 Å². The first-order chi connectivity index (χ1) is 9.45. The van der Waals surface area contributed by atoms with Crippen LogP contribution in [0.5, 0.6) is 0 Å². The number of methoxy groups -OCH3 is 1. The summed E-state index contributed by atoms with van der Waals surface area (Å²) >= 11 is 0. The van der Waals surface area contributed by atoms with E-state index in [4.69, 9.17) is 4.74 Å². The maximum atomic E-state index is 13.0. The van der Waals surface area contributed by atoms with Crippen LogP contribution in [0, 0.1) is 11.3 Å². The Hall–Kier alpha value is -1.06. The fourth-order valence-corrected chi connectivity index (χ4v) is 3.42. The Labute approximate surface area is 122 Å². The number of carbonyl (C=O) groups excluding carboxylic acids is 2. The van der Waals surface area contributed by atoms with Crippen molar-refractivity contribution in [3.8, 4) is 0 Å². The highest BCUT2D eigenvalue weighted by Crippen LogP contribution is 2.44. The Balaban J connectivity index is 2.86. The van der Waals surface area contributed by atoms with Crippen molar-refractivity contribution in [1.29, 1.82) is 0 Å². The zero-order valence-electron chi connectivity index (χ0n) is 13.4. The van der Waals surface area contributed by atoms with Crippen LogP contribution in [0.25, 0.3) is 0 Å². The predicted molar refractivity (Wildman–Crippen MR) is 79.2 cm³/mol. The molecule has 1 aliphatic rings. The van der Waals surface area contributed by atoms with Crippen LogP contribution in [0.4, 0.5) is 0 Å². The average Bonchev–Trinajstić information content (AvgIpc) is 2.86. The van der Waals surface area contributed by atoms with Gasteiger partial charge in [-0.1, -0.05) is 33.6 Å². The van der Waals surface area contributed by atoms with Gasteiger partial charge in [0, 0.05) is 12.0 Å². The fraction of sp³-hybridized carbons (Fsp3) is 0.875. The molecule has 0 saturated heterocycles. The number of hydrogen-bond acceptors (Lipinski definition) is 3. The first kappa shape index (κ1) is 17.0. The third-order valence-electron chi connectivity index (χ3n) is 4.14. The number of hydrogen-bond donors (Lipinski definition) is 0. The number of rotatable bonds is 7. The summed E-state index contributed by atoms with van der Waals surface area (Å²) in [6.07, 6.45) is 5.96. The summed E-state index contributed by atoms with van der Waals surface area (Å²) < 4.78 is 4.72. The summed E-state index contributed by atoms with van der Waals surface area (Å²) in [6.45, 7) is 7.08. The summed E-state index contributed by atoms with van der Waals surface area (Å²) in [5.41, 5.74) is -0.239. The smallest absolute Gasteiger partial charge is 0.325 e. The SMILES string of the molecule is CCCN(CC(=O)OC)C(=O)C1(CC(C)C)CCCC1. The second-order valence-corrected chi connectivity index (χ2v) is 6.39. The number of ether oxygens (including phenoxy) is 1. The van der Waals surface area contributed by atoms with Crippen LogP contribution in [0.15, 0.2) is 0 Å². The maximum absolute atomic E-state index is 13.0. The van der Waals surface area contributed by atoms with E-state index in [1.807, 2.05) is 6.92 Å². The minimum Gasteiger partial charge on any atom is -0.468 e. The molecule has 1 amide bonds. The summed E-state index contributed by atoms with van der Waals surface area (Å²) in [6, 6.07) is 0. The van der Waals surface area contributed by atoms with Gasteiger partial charge in [-0.15, -0.1) is 0 Å². The molecule has 1 saturated carbocycles. The van der Waals surface area contributed by atoms with Gasteiger partial charge >= 0.3 is 5.97 Å². The first-order valence-electron chi connectivity index (χ1n) is 7.81. The molecule has 0 aromatic carbocycles. The molecule has 116 valence electrons. The van der Waals surface area contributed by atoms with Crippen LogP contribution < -0.4 is 0 Å². The van der Waals surface area contributed by atoms with E-state index < -0.39 is 0 Å². The highest BCUT2D eigenvalue weighted by molar-refractivity contribution is 5.86. The van der Waals surface area contributed by atoms with E-state index in [1.165, 1.54) is 7.11 Å². The Morgan fingerprint density at radius 3 is 2.30 bits per heavy atom. The second-order valence-electron chi connectivity index (χ2n) is 6.39. The molecule has 0 aromatic heterocycles. The predicted octanol–water partition coefficient (Wildman–Crippen LogP) is 3.00. The molecule has 0 radical (unpaired) electrons. The highest BCUT2D eigenvalue weighted by atomic mass is 16.5. The molecule has 0 aliphatic heterocycles. The first-order valence-corrected chi connectivity index (χ1v) is 7.81. The number of nitrogens with zero attached hydrogens (tertiary/aromatic N) is 1. The van der Waals surface area contributed by atoms with Crippen LogP contribution in [-0.4, -0.2) is 37.0 Å². The van der Waals surface area contributed by atoms with Crippen LogP contribution in [0.3, 0.4) is 0 Å². The van der Waals surface area contributed by atoms with E-state index >= 15 is 0 Å². The van der Waals surface area contributed by atoms with Crippen LogP contribution in [-0.2, 0) is 14.3 Å². The molecule has 1 rings (SSSR count). The summed E-state index contributed by atoms with van der Waals surface area (Å²) in [4.78, 5) is 26.2. The van der Waals surface area contributed by atoms with Crippen molar-refractivity contribution < 1.29 is 14.3 Å². The van der Waals surface area contributed by atoms with Crippen molar-refractivity contribution in [2.24, 2.45) is 11.3 Å². The minimum atomic E-state index is -0.329. The molecular weight excluding hydrogens is 254 g/mol. The van der Waals surface area contributed by atoms with Gasteiger partial charge in [0.15, 0.2) is 0 Å². The largest absolute Gasteiger partial charge is 0.468 e. The van der Waals surface area contributed by atoms with Crippen molar-refractivity contribution in [2.75, 3.05) is 20.2 Å². The summed E-state index contributed by atoms with van der Waals surface area (Å²) in [5, 5.41) is 0. The topological polar surface area (TPSA) is 46.6 Å². The van der Waals surface area contributed by atoms with Gasteiger partial charge in [0.2, 0.25) is 5.91 Å². The van der Waals surface area contributed by atoms with E-state index in [9.17, 15) is 9.59 Å². The maximum Gasteiger partial charge on any atom is 0.325 e. The summed E-state index contributed by atoms with van der Waals surface area (Å²) in [7, 11) is 1.37. The monoisotopic (exact) mass is 283 g/mol.